The molecule has 0 saturated carbocycles. The van der Waals surface area contributed by atoms with Crippen molar-refractivity contribution in [3.8, 4) is 22.8 Å². The fourth-order valence-corrected chi connectivity index (χ4v) is 4.67. The molecule has 0 unspecified atom stereocenters. The number of methoxy groups -OCH3 is 2. The average molecular weight is 468 g/mol. The monoisotopic (exact) mass is 467 g/mol. The highest BCUT2D eigenvalue weighted by atomic mass is 32.1. The van der Waals surface area contributed by atoms with E-state index in [4.69, 9.17) is 18.9 Å². The third-order valence-electron chi connectivity index (χ3n) is 5.47. The summed E-state index contributed by atoms with van der Waals surface area (Å²) in [6.45, 7) is 5.20. The van der Waals surface area contributed by atoms with E-state index in [9.17, 15) is 4.79 Å². The van der Waals surface area contributed by atoms with Crippen LogP contribution in [0.3, 0.4) is 0 Å². The second kappa shape index (κ2) is 10.1. The summed E-state index contributed by atoms with van der Waals surface area (Å²) in [5.41, 5.74) is 2.81. The van der Waals surface area contributed by atoms with E-state index in [0.717, 1.165) is 45.6 Å². The first-order valence-corrected chi connectivity index (χ1v) is 11.8. The maximum atomic E-state index is 12.9. The maximum absolute atomic E-state index is 12.9. The van der Waals surface area contributed by atoms with Crippen molar-refractivity contribution in [3.63, 3.8) is 0 Å². The van der Waals surface area contributed by atoms with Gasteiger partial charge in [-0.1, -0.05) is 13.8 Å². The Morgan fingerprint density at radius 3 is 2.79 bits per heavy atom. The van der Waals surface area contributed by atoms with E-state index >= 15 is 0 Å². The molecule has 3 heterocycles. The number of amides is 1. The van der Waals surface area contributed by atoms with Crippen LogP contribution in [0, 0.1) is 5.92 Å². The molecule has 0 fully saturated rings. The molecule has 1 aromatic carbocycles. The van der Waals surface area contributed by atoms with Gasteiger partial charge in [-0.15, -0.1) is 11.3 Å². The van der Waals surface area contributed by atoms with Gasteiger partial charge in [0.15, 0.2) is 4.96 Å². The molecular weight excluding hydrogens is 438 g/mol. The van der Waals surface area contributed by atoms with Gasteiger partial charge in [0.25, 0.3) is 0 Å². The van der Waals surface area contributed by atoms with Gasteiger partial charge in [-0.2, -0.15) is 0 Å². The summed E-state index contributed by atoms with van der Waals surface area (Å²) in [7, 11) is 3.29. The topological polar surface area (TPSA) is 69.2 Å². The molecule has 33 heavy (non-hydrogen) atoms. The fourth-order valence-electron chi connectivity index (χ4n) is 3.76. The number of hydrogen-bond donors (Lipinski definition) is 0. The first-order chi connectivity index (χ1) is 16.0. The molecule has 0 aliphatic carbocycles. The lowest BCUT2D eigenvalue weighted by Gasteiger charge is -2.22. The van der Waals surface area contributed by atoms with E-state index in [0.29, 0.717) is 25.4 Å². The van der Waals surface area contributed by atoms with Crippen LogP contribution in [0.15, 0.2) is 52.6 Å². The maximum Gasteiger partial charge on any atom is 0.223 e. The summed E-state index contributed by atoms with van der Waals surface area (Å²) >= 11 is 1.59. The zero-order valence-electron chi connectivity index (χ0n) is 19.4. The number of imidazole rings is 1. The third-order valence-corrected chi connectivity index (χ3v) is 6.35. The number of fused-ring (bicyclic) bond motifs is 1. The molecule has 0 atom stereocenters. The van der Waals surface area contributed by atoms with Crippen molar-refractivity contribution in [1.82, 2.24) is 14.3 Å². The summed E-state index contributed by atoms with van der Waals surface area (Å²) in [5.74, 6) is 2.73. The molecule has 0 N–H and O–H groups in total. The lowest BCUT2D eigenvalue weighted by molar-refractivity contribution is -0.132. The van der Waals surface area contributed by atoms with E-state index in [1.165, 1.54) is 0 Å². The number of thiazole rings is 1. The Balaban J connectivity index is 1.56. The predicted octanol–water partition coefficient (Wildman–Crippen LogP) is 5.29. The molecule has 1 amide bonds. The second-order valence-electron chi connectivity index (χ2n) is 8.31. The van der Waals surface area contributed by atoms with Gasteiger partial charge in [0.2, 0.25) is 5.91 Å². The largest absolute Gasteiger partial charge is 0.497 e. The smallest absolute Gasteiger partial charge is 0.223 e. The molecular formula is C25H29N3O4S. The van der Waals surface area contributed by atoms with Crippen LogP contribution in [0.25, 0.3) is 16.2 Å². The van der Waals surface area contributed by atoms with Gasteiger partial charge < -0.3 is 18.8 Å². The molecule has 8 heteroatoms. The first kappa shape index (κ1) is 22.9. The van der Waals surface area contributed by atoms with Crippen molar-refractivity contribution in [2.75, 3.05) is 20.8 Å². The molecule has 3 aromatic heterocycles. The van der Waals surface area contributed by atoms with Crippen molar-refractivity contribution in [1.29, 1.82) is 0 Å². The minimum atomic E-state index is 0.139. The number of carbonyl (C=O) groups is 1. The summed E-state index contributed by atoms with van der Waals surface area (Å²) in [4.78, 5) is 20.4. The highest BCUT2D eigenvalue weighted by Crippen LogP contribution is 2.34. The highest BCUT2D eigenvalue weighted by molar-refractivity contribution is 7.15. The summed E-state index contributed by atoms with van der Waals surface area (Å²) < 4.78 is 18.5. The molecule has 4 aromatic rings. The first-order valence-electron chi connectivity index (χ1n) is 11.0. The number of ether oxygens (including phenoxy) is 2. The second-order valence-corrected chi connectivity index (χ2v) is 9.15. The van der Waals surface area contributed by atoms with Crippen LogP contribution >= 0.6 is 11.3 Å². The number of hydrogen-bond acceptors (Lipinski definition) is 6. The number of nitrogens with zero attached hydrogens (tertiary/aromatic N) is 3. The lowest BCUT2D eigenvalue weighted by Crippen LogP contribution is -2.33. The van der Waals surface area contributed by atoms with Gasteiger partial charge in [0.1, 0.15) is 17.3 Å². The standard InChI is InChI=1S/C25H29N3O4S/c1-17(2)12-24(29)27(14-20-6-5-11-32-20)10-9-18-16-33-25-26-22(15-28(18)25)21-13-19(30-3)7-8-23(21)31-4/h5-8,11,13,15-17H,9-10,12,14H2,1-4H3. The Bertz CT molecular complexity index is 1210. The van der Waals surface area contributed by atoms with Gasteiger partial charge in [-0.25, -0.2) is 4.98 Å². The summed E-state index contributed by atoms with van der Waals surface area (Å²) in [6.07, 6.45) is 4.90. The van der Waals surface area contributed by atoms with Crippen LogP contribution in [0.4, 0.5) is 0 Å². The van der Waals surface area contributed by atoms with E-state index in [-0.39, 0.29) is 5.91 Å². The zero-order chi connectivity index (χ0) is 23.4. The molecule has 7 nitrogen and oxygen atoms in total. The minimum absolute atomic E-state index is 0.139. The van der Waals surface area contributed by atoms with Crippen LogP contribution in [0.5, 0.6) is 11.5 Å². The quantitative estimate of drug-likeness (QED) is 0.317. The molecule has 174 valence electrons. The van der Waals surface area contributed by atoms with Crippen molar-refractivity contribution in [3.05, 3.63) is 59.6 Å². The Hall–Kier alpha value is -3.26. The van der Waals surface area contributed by atoms with Crippen LogP contribution in [-0.4, -0.2) is 41.0 Å². The zero-order valence-corrected chi connectivity index (χ0v) is 20.2. The number of furan rings is 1. The minimum Gasteiger partial charge on any atom is -0.497 e. The van der Waals surface area contributed by atoms with Gasteiger partial charge in [-0.3, -0.25) is 9.20 Å². The molecule has 4 rings (SSSR count). The molecule has 0 aliphatic rings. The van der Waals surface area contributed by atoms with Gasteiger partial charge >= 0.3 is 0 Å². The number of carbonyl (C=O) groups excluding carboxylic acids is 1. The van der Waals surface area contributed by atoms with E-state index < -0.39 is 0 Å². The third kappa shape index (κ3) is 5.22. The molecule has 0 aliphatic heterocycles. The Labute approximate surface area is 197 Å². The molecule has 0 radical (unpaired) electrons. The Morgan fingerprint density at radius 1 is 1.24 bits per heavy atom. The molecule has 0 spiro atoms. The summed E-state index contributed by atoms with van der Waals surface area (Å²) in [6, 6.07) is 9.44. The van der Waals surface area contributed by atoms with Crippen molar-refractivity contribution < 1.29 is 18.7 Å². The number of benzene rings is 1. The van der Waals surface area contributed by atoms with Crippen LogP contribution < -0.4 is 9.47 Å². The van der Waals surface area contributed by atoms with Gasteiger partial charge in [-0.05, 0) is 36.2 Å². The lowest BCUT2D eigenvalue weighted by atomic mass is 10.1. The number of rotatable bonds is 10. The van der Waals surface area contributed by atoms with Crippen LogP contribution in [0.2, 0.25) is 0 Å². The number of aromatic nitrogens is 2. The van der Waals surface area contributed by atoms with Crippen molar-refractivity contribution in [2.45, 2.75) is 33.2 Å². The van der Waals surface area contributed by atoms with E-state index in [1.807, 2.05) is 41.4 Å². The van der Waals surface area contributed by atoms with Gasteiger partial charge in [0.05, 0.1) is 32.7 Å². The molecule has 0 saturated heterocycles. The van der Waals surface area contributed by atoms with Crippen LogP contribution in [0.1, 0.15) is 31.7 Å². The Morgan fingerprint density at radius 2 is 2.09 bits per heavy atom. The summed E-state index contributed by atoms with van der Waals surface area (Å²) in [5, 5.41) is 2.10. The van der Waals surface area contributed by atoms with Gasteiger partial charge in [0, 0.05) is 42.2 Å². The van der Waals surface area contributed by atoms with Crippen molar-refractivity contribution >= 4 is 22.2 Å². The SMILES string of the molecule is COc1ccc(OC)c(-c2cn3c(CCN(Cc4ccco4)C(=O)CC(C)C)csc3n2)c1. The average Bonchev–Trinajstić information content (AvgIpc) is 3.53. The fraction of sp³-hybridized carbons (Fsp3) is 0.360. The van der Waals surface area contributed by atoms with Crippen molar-refractivity contribution in [2.24, 2.45) is 5.92 Å². The predicted molar refractivity (Wildman–Crippen MR) is 129 cm³/mol. The van der Waals surface area contributed by atoms with Crippen LogP contribution in [-0.2, 0) is 17.8 Å². The van der Waals surface area contributed by atoms with E-state index in [1.54, 1.807) is 31.8 Å². The molecule has 0 bridgehead atoms. The Kier molecular flexibility index (Phi) is 7.03. The van der Waals surface area contributed by atoms with E-state index in [2.05, 4.69) is 23.6 Å². The normalized spacial score (nSPS) is 11.3. The highest BCUT2D eigenvalue weighted by Gasteiger charge is 2.19.